The number of ether oxygens (including phenoxy) is 1. The molecule has 0 unspecified atom stereocenters. The molecule has 2 aromatic rings. The van der Waals surface area contributed by atoms with E-state index in [1.807, 2.05) is 30.3 Å². The highest BCUT2D eigenvalue weighted by atomic mass is 127. The van der Waals surface area contributed by atoms with E-state index in [0.29, 0.717) is 18.5 Å². The van der Waals surface area contributed by atoms with E-state index in [1.54, 1.807) is 20.4 Å². The van der Waals surface area contributed by atoms with Crippen LogP contribution in [-0.2, 0) is 11.3 Å². The van der Waals surface area contributed by atoms with Crippen LogP contribution in [0, 0.1) is 0 Å². The Morgan fingerprint density at radius 2 is 2.03 bits per heavy atom. The zero-order valence-corrected chi connectivity index (χ0v) is 19.6. The summed E-state index contributed by atoms with van der Waals surface area (Å²) in [4.78, 5) is 11.4. The summed E-state index contributed by atoms with van der Waals surface area (Å²) in [5.41, 5.74) is 1.84. The van der Waals surface area contributed by atoms with Crippen LogP contribution in [0.4, 0.5) is 0 Å². The first-order valence-electron chi connectivity index (χ1n) is 9.97. The van der Waals surface area contributed by atoms with Gasteiger partial charge in [0.25, 0.3) is 0 Å². The first-order chi connectivity index (χ1) is 13.8. The van der Waals surface area contributed by atoms with Crippen molar-refractivity contribution in [2.45, 2.75) is 31.8 Å². The summed E-state index contributed by atoms with van der Waals surface area (Å²) in [6, 6.07) is 10.4. The van der Waals surface area contributed by atoms with Crippen LogP contribution in [0.2, 0.25) is 0 Å². The van der Waals surface area contributed by atoms with Crippen LogP contribution >= 0.6 is 24.0 Å². The number of hydrogen-bond acceptors (Lipinski definition) is 5. The molecule has 2 heterocycles. The van der Waals surface area contributed by atoms with E-state index in [4.69, 9.17) is 9.15 Å². The molecular weight excluding hydrogens is 481 g/mol. The maximum absolute atomic E-state index is 5.59. The Morgan fingerprint density at radius 1 is 1.28 bits per heavy atom. The Bertz CT molecular complexity index is 730. The lowest BCUT2D eigenvalue weighted by atomic mass is 10.1. The van der Waals surface area contributed by atoms with Gasteiger partial charge in [-0.1, -0.05) is 18.2 Å². The summed E-state index contributed by atoms with van der Waals surface area (Å²) in [6.07, 6.45) is 5.03. The van der Waals surface area contributed by atoms with Crippen LogP contribution in [0.15, 0.2) is 46.0 Å². The molecule has 1 aliphatic heterocycles. The summed E-state index contributed by atoms with van der Waals surface area (Å²) in [6.45, 7) is 4.75. The Kier molecular flexibility index (Phi) is 10.4. The van der Waals surface area contributed by atoms with Gasteiger partial charge in [-0.2, -0.15) is 0 Å². The third-order valence-corrected chi connectivity index (χ3v) is 4.98. The molecule has 1 aromatic heterocycles. The molecule has 2 N–H and O–H groups in total. The summed E-state index contributed by atoms with van der Waals surface area (Å²) in [5, 5.41) is 6.87. The van der Waals surface area contributed by atoms with Crippen molar-refractivity contribution in [1.29, 1.82) is 0 Å². The van der Waals surface area contributed by atoms with Gasteiger partial charge in [-0.25, -0.2) is 4.98 Å². The second-order valence-electron chi connectivity index (χ2n) is 7.04. The van der Waals surface area contributed by atoms with E-state index in [0.717, 1.165) is 62.7 Å². The number of rotatable bonds is 8. The number of guanidine groups is 1. The number of aliphatic imine (C=N–C) groups is 1. The van der Waals surface area contributed by atoms with Crippen LogP contribution < -0.4 is 10.6 Å². The average molecular weight is 513 g/mol. The second-order valence-corrected chi connectivity index (χ2v) is 7.04. The van der Waals surface area contributed by atoms with Gasteiger partial charge in [0, 0.05) is 52.0 Å². The van der Waals surface area contributed by atoms with Gasteiger partial charge >= 0.3 is 0 Å². The van der Waals surface area contributed by atoms with Gasteiger partial charge < -0.3 is 24.7 Å². The van der Waals surface area contributed by atoms with Gasteiger partial charge in [0.1, 0.15) is 6.26 Å². The van der Waals surface area contributed by atoms with Crippen molar-refractivity contribution in [2.75, 3.05) is 40.4 Å². The van der Waals surface area contributed by atoms with Crippen molar-refractivity contribution >= 4 is 29.9 Å². The van der Waals surface area contributed by atoms with Gasteiger partial charge in [-0.3, -0.25) is 4.99 Å². The van der Waals surface area contributed by atoms with Crippen molar-refractivity contribution in [3.05, 3.63) is 42.3 Å². The van der Waals surface area contributed by atoms with Crippen molar-refractivity contribution in [3.8, 4) is 11.5 Å². The molecule has 7 nitrogen and oxygen atoms in total. The molecule has 0 radical (unpaired) electrons. The number of hydrogen-bond donors (Lipinski definition) is 2. The summed E-state index contributed by atoms with van der Waals surface area (Å²) < 4.78 is 10.7. The zero-order chi connectivity index (χ0) is 19.6. The maximum atomic E-state index is 5.59. The largest absolute Gasteiger partial charge is 0.444 e. The third kappa shape index (κ3) is 7.60. The minimum Gasteiger partial charge on any atom is -0.444 e. The summed E-state index contributed by atoms with van der Waals surface area (Å²) >= 11 is 0. The molecular formula is C21H32IN5O2. The van der Waals surface area contributed by atoms with E-state index in [9.17, 15) is 0 Å². The molecule has 160 valence electrons. The molecule has 0 saturated carbocycles. The van der Waals surface area contributed by atoms with Crippen LogP contribution in [0.1, 0.15) is 25.0 Å². The molecule has 8 heteroatoms. The molecule has 0 aliphatic carbocycles. The number of oxazole rings is 1. The van der Waals surface area contributed by atoms with Gasteiger partial charge in [-0.15, -0.1) is 24.0 Å². The summed E-state index contributed by atoms with van der Waals surface area (Å²) in [5.74, 6) is 1.45. The zero-order valence-electron chi connectivity index (χ0n) is 17.3. The van der Waals surface area contributed by atoms with Crippen molar-refractivity contribution in [3.63, 3.8) is 0 Å². The Morgan fingerprint density at radius 3 is 2.72 bits per heavy atom. The molecule has 0 spiro atoms. The fourth-order valence-electron chi connectivity index (χ4n) is 3.40. The molecule has 1 aliphatic rings. The standard InChI is InChI=1S/C21H31N5O2.HI/c1-22-21(25-18-9-12-26(13-10-18)11-6-14-27-2)23-15-19-16-28-20(24-19)17-7-4-3-5-8-17;/h3-5,7-8,16,18H,6,9-15H2,1-2H3,(H2,22,23,25);1H. The molecule has 1 aromatic carbocycles. The maximum Gasteiger partial charge on any atom is 0.226 e. The minimum atomic E-state index is 0. The fourth-order valence-corrected chi connectivity index (χ4v) is 3.40. The lowest BCUT2D eigenvalue weighted by Crippen LogP contribution is -2.48. The fraction of sp³-hybridized carbons (Fsp3) is 0.524. The average Bonchev–Trinajstić information content (AvgIpc) is 3.22. The quantitative estimate of drug-likeness (QED) is 0.245. The number of aromatic nitrogens is 1. The molecule has 29 heavy (non-hydrogen) atoms. The minimum absolute atomic E-state index is 0. The number of likely N-dealkylation sites (tertiary alicyclic amines) is 1. The number of piperidine rings is 1. The topological polar surface area (TPSA) is 74.9 Å². The SMILES string of the molecule is CN=C(NCc1coc(-c2ccccc2)n1)NC1CCN(CCCOC)CC1.I. The van der Waals surface area contributed by atoms with Crippen LogP contribution in [0.5, 0.6) is 0 Å². The number of methoxy groups -OCH3 is 1. The highest BCUT2D eigenvalue weighted by Crippen LogP contribution is 2.17. The van der Waals surface area contributed by atoms with Crippen molar-refractivity contribution in [2.24, 2.45) is 4.99 Å². The predicted molar refractivity (Wildman–Crippen MR) is 127 cm³/mol. The summed E-state index contributed by atoms with van der Waals surface area (Å²) in [7, 11) is 3.56. The van der Waals surface area contributed by atoms with E-state index in [-0.39, 0.29) is 24.0 Å². The highest BCUT2D eigenvalue weighted by molar-refractivity contribution is 14.0. The van der Waals surface area contributed by atoms with Gasteiger partial charge in [0.15, 0.2) is 5.96 Å². The first kappa shape index (κ1) is 23.6. The smallest absolute Gasteiger partial charge is 0.226 e. The first-order valence-corrected chi connectivity index (χ1v) is 9.97. The Hall–Kier alpha value is -1.65. The normalized spacial score (nSPS) is 15.7. The molecule has 1 fully saturated rings. The van der Waals surface area contributed by atoms with Gasteiger partial charge in [-0.05, 0) is 31.4 Å². The molecule has 0 atom stereocenters. The van der Waals surface area contributed by atoms with Gasteiger partial charge in [0.2, 0.25) is 5.89 Å². The Labute approximate surface area is 190 Å². The van der Waals surface area contributed by atoms with E-state index in [2.05, 4.69) is 25.5 Å². The lowest BCUT2D eigenvalue weighted by molar-refractivity contribution is 0.155. The number of benzene rings is 1. The van der Waals surface area contributed by atoms with E-state index >= 15 is 0 Å². The molecule has 1 saturated heterocycles. The number of nitrogens with one attached hydrogen (secondary N) is 2. The molecule has 0 amide bonds. The van der Waals surface area contributed by atoms with Crippen LogP contribution in [0.25, 0.3) is 11.5 Å². The number of halogens is 1. The van der Waals surface area contributed by atoms with E-state index in [1.165, 1.54) is 0 Å². The van der Waals surface area contributed by atoms with E-state index < -0.39 is 0 Å². The number of nitrogens with zero attached hydrogens (tertiary/aromatic N) is 3. The van der Waals surface area contributed by atoms with Gasteiger partial charge in [0.05, 0.1) is 12.2 Å². The monoisotopic (exact) mass is 513 g/mol. The van der Waals surface area contributed by atoms with Crippen molar-refractivity contribution < 1.29 is 9.15 Å². The molecule has 0 bridgehead atoms. The lowest BCUT2D eigenvalue weighted by Gasteiger charge is -2.33. The highest BCUT2D eigenvalue weighted by Gasteiger charge is 2.19. The predicted octanol–water partition coefficient (Wildman–Crippen LogP) is 3.13. The van der Waals surface area contributed by atoms with Crippen LogP contribution in [0.3, 0.4) is 0 Å². The molecule has 3 rings (SSSR count). The van der Waals surface area contributed by atoms with Crippen LogP contribution in [-0.4, -0.2) is 62.3 Å². The van der Waals surface area contributed by atoms with Crippen molar-refractivity contribution in [1.82, 2.24) is 20.5 Å². The Balaban J connectivity index is 0.00000300. The third-order valence-electron chi connectivity index (χ3n) is 4.98. The second kappa shape index (κ2) is 12.8.